The first-order valence-electron chi connectivity index (χ1n) is 7.69. The fraction of sp³-hybridized carbons (Fsp3) is 0.150. The summed E-state index contributed by atoms with van der Waals surface area (Å²) in [6.07, 6.45) is 0. The van der Waals surface area contributed by atoms with Crippen LogP contribution in [0.4, 0.5) is 0 Å². The van der Waals surface area contributed by atoms with Crippen LogP contribution in [-0.2, 0) is 0 Å². The minimum atomic E-state index is -0.385. The van der Waals surface area contributed by atoms with Crippen molar-refractivity contribution < 1.29 is 8.83 Å². The van der Waals surface area contributed by atoms with E-state index in [1.807, 2.05) is 45.0 Å². The van der Waals surface area contributed by atoms with Crippen molar-refractivity contribution in [3.05, 3.63) is 68.5 Å². The molecule has 0 aliphatic heterocycles. The van der Waals surface area contributed by atoms with E-state index in [4.69, 9.17) is 20.4 Å². The normalized spacial score (nSPS) is 11.5. The number of hydrogen-bond acceptors (Lipinski definition) is 3. The molecule has 0 aliphatic carbocycles. The molecule has 0 spiro atoms. The van der Waals surface area contributed by atoms with Crippen LogP contribution in [0, 0.1) is 20.8 Å². The number of furan rings is 1. The molecule has 0 bridgehead atoms. The first-order valence-corrected chi connectivity index (χ1v) is 8.06. The molecule has 2 aromatic carbocycles. The summed E-state index contributed by atoms with van der Waals surface area (Å²) in [5.74, 6) is 0.674. The lowest BCUT2D eigenvalue weighted by atomic mass is 10.00. The molecule has 0 atom stereocenters. The summed E-state index contributed by atoms with van der Waals surface area (Å²) in [7, 11) is 0. The Morgan fingerprint density at radius 1 is 0.875 bits per heavy atom. The lowest BCUT2D eigenvalue weighted by Crippen LogP contribution is -2.00. The lowest BCUT2D eigenvalue weighted by molar-refractivity contribution is 0.557. The summed E-state index contributed by atoms with van der Waals surface area (Å²) in [6, 6.07) is 11.0. The Bertz CT molecular complexity index is 1170. The first kappa shape index (κ1) is 15.0. The molecule has 2 aromatic heterocycles. The second-order valence-corrected chi connectivity index (χ2v) is 6.50. The molecule has 0 radical (unpaired) electrons. The number of aryl methyl sites for hydroxylation is 3. The van der Waals surface area contributed by atoms with Crippen molar-refractivity contribution in [2.75, 3.05) is 0 Å². The van der Waals surface area contributed by atoms with E-state index >= 15 is 0 Å². The maximum atomic E-state index is 12.1. The van der Waals surface area contributed by atoms with E-state index in [2.05, 4.69) is 0 Å². The topological polar surface area (TPSA) is 43.4 Å². The number of hydrogen-bond donors (Lipinski definition) is 0. The van der Waals surface area contributed by atoms with Crippen LogP contribution in [-0.4, -0.2) is 0 Å². The van der Waals surface area contributed by atoms with Crippen molar-refractivity contribution in [3.63, 3.8) is 0 Å². The second kappa shape index (κ2) is 5.25. The largest absolute Gasteiger partial charge is 0.456 e. The van der Waals surface area contributed by atoms with E-state index in [0.717, 1.165) is 38.6 Å². The van der Waals surface area contributed by atoms with Gasteiger partial charge < -0.3 is 8.83 Å². The summed E-state index contributed by atoms with van der Waals surface area (Å²) in [5.41, 5.74) is 4.71. The highest BCUT2D eigenvalue weighted by atomic mass is 35.5. The van der Waals surface area contributed by atoms with Crippen molar-refractivity contribution in [1.82, 2.24) is 0 Å². The lowest BCUT2D eigenvalue weighted by Gasteiger charge is -2.08. The predicted octanol–water partition coefficient (Wildman–Crippen LogP) is 5.78. The number of fused-ring (bicyclic) bond motifs is 2. The van der Waals surface area contributed by atoms with Crippen LogP contribution in [0.15, 0.2) is 50.0 Å². The van der Waals surface area contributed by atoms with E-state index in [1.54, 1.807) is 6.07 Å². The zero-order valence-corrected chi connectivity index (χ0v) is 14.3. The Morgan fingerprint density at radius 3 is 2.46 bits per heavy atom. The average Bonchev–Trinajstić information content (AvgIpc) is 2.87. The van der Waals surface area contributed by atoms with Gasteiger partial charge in [0, 0.05) is 33.0 Å². The van der Waals surface area contributed by atoms with Crippen molar-refractivity contribution >= 4 is 33.5 Å². The molecular weight excluding hydrogens is 324 g/mol. The van der Waals surface area contributed by atoms with Crippen LogP contribution in [0.2, 0.25) is 5.02 Å². The van der Waals surface area contributed by atoms with Crippen LogP contribution in [0.25, 0.3) is 33.3 Å². The van der Waals surface area contributed by atoms with Gasteiger partial charge in [0.1, 0.15) is 16.9 Å². The SMILES string of the molecule is Cc1ccc2c(-c3oc4ccc(Cl)cc4c3C)cc(=O)oc2c1C. The zero-order valence-electron chi connectivity index (χ0n) is 13.6. The van der Waals surface area contributed by atoms with Crippen molar-refractivity contribution in [2.45, 2.75) is 20.8 Å². The van der Waals surface area contributed by atoms with Gasteiger partial charge in [-0.1, -0.05) is 23.7 Å². The van der Waals surface area contributed by atoms with E-state index in [-0.39, 0.29) is 5.63 Å². The molecule has 0 fully saturated rings. The third kappa shape index (κ3) is 2.16. The molecule has 24 heavy (non-hydrogen) atoms. The maximum absolute atomic E-state index is 12.1. The standard InChI is InChI=1S/C20H15ClO3/c1-10-4-6-14-16(9-18(22)24-19(14)11(10)2)20-12(3)15-8-13(21)5-7-17(15)23-20/h4-9H,1-3H3. The molecule has 0 saturated carbocycles. The molecular formula is C20H15ClO3. The predicted molar refractivity (Wildman–Crippen MR) is 96.9 cm³/mol. The molecule has 0 N–H and O–H groups in total. The summed E-state index contributed by atoms with van der Waals surface area (Å²) < 4.78 is 11.5. The third-order valence-corrected chi connectivity index (χ3v) is 4.81. The monoisotopic (exact) mass is 338 g/mol. The van der Waals surface area contributed by atoms with Crippen LogP contribution >= 0.6 is 11.6 Å². The summed E-state index contributed by atoms with van der Waals surface area (Å²) in [5, 5.41) is 2.47. The molecule has 3 nitrogen and oxygen atoms in total. The highest BCUT2D eigenvalue weighted by Gasteiger charge is 2.18. The summed E-state index contributed by atoms with van der Waals surface area (Å²) in [4.78, 5) is 12.1. The van der Waals surface area contributed by atoms with Gasteiger partial charge in [-0.25, -0.2) is 4.79 Å². The molecule has 0 saturated heterocycles. The van der Waals surface area contributed by atoms with E-state index in [0.29, 0.717) is 16.4 Å². The summed E-state index contributed by atoms with van der Waals surface area (Å²) >= 11 is 6.10. The fourth-order valence-corrected chi connectivity index (χ4v) is 3.27. The van der Waals surface area contributed by atoms with Crippen LogP contribution in [0.1, 0.15) is 16.7 Å². The zero-order chi connectivity index (χ0) is 17.0. The Kier molecular flexibility index (Phi) is 3.29. The van der Waals surface area contributed by atoms with Crippen molar-refractivity contribution in [1.29, 1.82) is 0 Å². The van der Waals surface area contributed by atoms with Crippen LogP contribution in [0.5, 0.6) is 0 Å². The third-order valence-electron chi connectivity index (χ3n) is 4.57. The molecule has 4 aromatic rings. The molecule has 4 heteroatoms. The van der Waals surface area contributed by atoms with Gasteiger partial charge in [0.15, 0.2) is 0 Å². The number of rotatable bonds is 1. The average molecular weight is 339 g/mol. The molecule has 0 aliphatic rings. The highest BCUT2D eigenvalue weighted by Crippen LogP contribution is 2.37. The molecule has 2 heterocycles. The smallest absolute Gasteiger partial charge is 0.336 e. The van der Waals surface area contributed by atoms with Gasteiger partial charge in [0.2, 0.25) is 0 Å². The minimum absolute atomic E-state index is 0.385. The Labute approximate surface area is 143 Å². The van der Waals surface area contributed by atoms with Gasteiger partial charge in [-0.15, -0.1) is 0 Å². The minimum Gasteiger partial charge on any atom is -0.456 e. The van der Waals surface area contributed by atoms with E-state index in [9.17, 15) is 4.79 Å². The quantitative estimate of drug-likeness (QED) is 0.413. The Balaban J connectivity index is 2.12. The molecule has 120 valence electrons. The first-order chi connectivity index (χ1) is 11.5. The number of halogens is 1. The van der Waals surface area contributed by atoms with Crippen LogP contribution < -0.4 is 5.63 Å². The van der Waals surface area contributed by atoms with Crippen molar-refractivity contribution in [2.24, 2.45) is 0 Å². The van der Waals surface area contributed by atoms with Crippen molar-refractivity contribution in [3.8, 4) is 11.3 Å². The van der Waals surface area contributed by atoms with Gasteiger partial charge in [0.25, 0.3) is 0 Å². The fourth-order valence-electron chi connectivity index (χ4n) is 3.10. The Morgan fingerprint density at radius 2 is 1.67 bits per heavy atom. The van der Waals surface area contributed by atoms with Gasteiger partial charge in [0.05, 0.1) is 0 Å². The van der Waals surface area contributed by atoms with Gasteiger partial charge in [-0.3, -0.25) is 0 Å². The second-order valence-electron chi connectivity index (χ2n) is 6.06. The van der Waals surface area contributed by atoms with Gasteiger partial charge >= 0.3 is 5.63 Å². The van der Waals surface area contributed by atoms with E-state index < -0.39 is 0 Å². The maximum Gasteiger partial charge on any atom is 0.336 e. The van der Waals surface area contributed by atoms with Gasteiger partial charge in [-0.2, -0.15) is 0 Å². The summed E-state index contributed by atoms with van der Waals surface area (Å²) in [6.45, 7) is 5.92. The molecule has 0 unspecified atom stereocenters. The van der Waals surface area contributed by atoms with Gasteiger partial charge in [-0.05, 0) is 50.1 Å². The molecule has 4 rings (SSSR count). The van der Waals surface area contributed by atoms with E-state index in [1.165, 1.54) is 6.07 Å². The highest BCUT2D eigenvalue weighted by molar-refractivity contribution is 6.31. The number of benzene rings is 2. The molecule has 0 amide bonds. The Hall–Kier alpha value is -2.52. The van der Waals surface area contributed by atoms with Crippen LogP contribution in [0.3, 0.4) is 0 Å².